The number of pyridine rings is 1. The third-order valence-electron chi connectivity index (χ3n) is 1.79. The van der Waals surface area contributed by atoms with E-state index in [0.717, 1.165) is 5.56 Å². The van der Waals surface area contributed by atoms with Crippen LogP contribution in [0.15, 0.2) is 30.6 Å². The molecule has 84 valence electrons. The Morgan fingerprint density at radius 3 is 2.69 bits per heavy atom. The summed E-state index contributed by atoms with van der Waals surface area (Å²) in [5, 5.41) is 0. The van der Waals surface area contributed by atoms with Crippen LogP contribution in [-0.2, 0) is 14.3 Å². The summed E-state index contributed by atoms with van der Waals surface area (Å²) in [7, 11) is 0. The Kier molecular flexibility index (Phi) is 4.92. The standard InChI is InChI=1S/C12H13NO3/c1-2-16-12(15)9-11(14)4-3-10-5-7-13-8-6-10/h3-8H,2,9H2,1H3/b4-3+. The Labute approximate surface area is 94.0 Å². The number of rotatable bonds is 5. The minimum absolute atomic E-state index is 0.213. The molecule has 4 heteroatoms. The van der Waals surface area contributed by atoms with Crippen LogP contribution in [0.5, 0.6) is 0 Å². The third-order valence-corrected chi connectivity index (χ3v) is 1.79. The molecule has 1 aromatic heterocycles. The minimum atomic E-state index is -0.494. The van der Waals surface area contributed by atoms with E-state index in [-0.39, 0.29) is 12.2 Å². The lowest BCUT2D eigenvalue weighted by atomic mass is 10.2. The van der Waals surface area contributed by atoms with Crippen molar-refractivity contribution in [1.29, 1.82) is 0 Å². The zero-order valence-electron chi connectivity index (χ0n) is 9.05. The number of carbonyl (C=O) groups excluding carboxylic acids is 2. The van der Waals surface area contributed by atoms with Gasteiger partial charge in [-0.05, 0) is 30.7 Å². The first-order valence-corrected chi connectivity index (χ1v) is 4.99. The molecule has 0 atom stereocenters. The van der Waals surface area contributed by atoms with Gasteiger partial charge in [-0.1, -0.05) is 6.08 Å². The van der Waals surface area contributed by atoms with Gasteiger partial charge in [0.25, 0.3) is 0 Å². The van der Waals surface area contributed by atoms with Crippen LogP contribution in [0.2, 0.25) is 0 Å². The smallest absolute Gasteiger partial charge is 0.313 e. The highest BCUT2D eigenvalue weighted by Crippen LogP contribution is 2.00. The van der Waals surface area contributed by atoms with Gasteiger partial charge in [-0.15, -0.1) is 0 Å². The van der Waals surface area contributed by atoms with Gasteiger partial charge in [0.05, 0.1) is 6.61 Å². The second kappa shape index (κ2) is 6.50. The van der Waals surface area contributed by atoms with Crippen LogP contribution in [0.1, 0.15) is 18.9 Å². The number of nitrogens with zero attached hydrogens (tertiary/aromatic N) is 1. The van der Waals surface area contributed by atoms with Crippen molar-refractivity contribution in [1.82, 2.24) is 4.98 Å². The molecular weight excluding hydrogens is 206 g/mol. The zero-order valence-corrected chi connectivity index (χ0v) is 9.05. The molecule has 0 aromatic carbocycles. The molecule has 1 aromatic rings. The van der Waals surface area contributed by atoms with Gasteiger partial charge in [0.2, 0.25) is 0 Å². The highest BCUT2D eigenvalue weighted by atomic mass is 16.5. The lowest BCUT2D eigenvalue weighted by Crippen LogP contribution is -2.08. The quantitative estimate of drug-likeness (QED) is 0.429. The summed E-state index contributed by atoms with van der Waals surface area (Å²) in [5.74, 6) is -0.762. The first-order valence-electron chi connectivity index (χ1n) is 4.99. The summed E-state index contributed by atoms with van der Waals surface area (Å²) >= 11 is 0. The molecule has 0 radical (unpaired) electrons. The van der Waals surface area contributed by atoms with Gasteiger partial charge in [0.15, 0.2) is 5.78 Å². The van der Waals surface area contributed by atoms with Crippen molar-refractivity contribution >= 4 is 17.8 Å². The average molecular weight is 219 g/mol. The van der Waals surface area contributed by atoms with E-state index in [1.807, 2.05) is 0 Å². The van der Waals surface area contributed by atoms with Crippen LogP contribution in [0.3, 0.4) is 0 Å². The normalized spacial score (nSPS) is 10.3. The highest BCUT2D eigenvalue weighted by molar-refractivity contribution is 6.03. The van der Waals surface area contributed by atoms with Crippen LogP contribution < -0.4 is 0 Å². The van der Waals surface area contributed by atoms with Crippen LogP contribution in [0.4, 0.5) is 0 Å². The number of hydrogen-bond donors (Lipinski definition) is 0. The molecule has 0 aliphatic heterocycles. The molecule has 0 amide bonds. The highest BCUT2D eigenvalue weighted by Gasteiger charge is 2.06. The Morgan fingerprint density at radius 2 is 2.06 bits per heavy atom. The van der Waals surface area contributed by atoms with Crippen molar-refractivity contribution in [3.05, 3.63) is 36.2 Å². The molecule has 0 spiro atoms. The molecule has 16 heavy (non-hydrogen) atoms. The van der Waals surface area contributed by atoms with E-state index in [4.69, 9.17) is 0 Å². The zero-order chi connectivity index (χ0) is 11.8. The molecule has 0 unspecified atom stereocenters. The van der Waals surface area contributed by atoms with Crippen LogP contribution >= 0.6 is 0 Å². The van der Waals surface area contributed by atoms with E-state index >= 15 is 0 Å². The third kappa shape index (κ3) is 4.50. The summed E-state index contributed by atoms with van der Waals surface area (Å²) in [6, 6.07) is 3.54. The number of ether oxygens (including phenoxy) is 1. The molecule has 4 nitrogen and oxygen atoms in total. The summed E-state index contributed by atoms with van der Waals surface area (Å²) in [6.07, 6.45) is 6.07. The van der Waals surface area contributed by atoms with Crippen LogP contribution in [0.25, 0.3) is 6.08 Å². The van der Waals surface area contributed by atoms with E-state index < -0.39 is 5.97 Å². The SMILES string of the molecule is CCOC(=O)CC(=O)/C=C/c1ccncc1. The Balaban J connectivity index is 2.46. The largest absolute Gasteiger partial charge is 0.466 e. The van der Waals surface area contributed by atoms with Gasteiger partial charge in [-0.2, -0.15) is 0 Å². The van der Waals surface area contributed by atoms with Gasteiger partial charge in [0.1, 0.15) is 6.42 Å². The maximum absolute atomic E-state index is 11.3. The lowest BCUT2D eigenvalue weighted by molar-refractivity contribution is -0.144. The molecule has 0 saturated heterocycles. The number of carbonyl (C=O) groups is 2. The Hall–Kier alpha value is -1.97. The number of ketones is 1. The number of allylic oxidation sites excluding steroid dienone is 1. The monoisotopic (exact) mass is 219 g/mol. The van der Waals surface area contributed by atoms with Crippen molar-refractivity contribution in [2.75, 3.05) is 6.61 Å². The molecule has 1 heterocycles. The molecule has 0 bridgehead atoms. The first-order chi connectivity index (χ1) is 7.72. The van der Waals surface area contributed by atoms with Gasteiger partial charge in [0, 0.05) is 12.4 Å². The summed E-state index contributed by atoms with van der Waals surface area (Å²) in [5.41, 5.74) is 0.868. The molecule has 0 aliphatic carbocycles. The van der Waals surface area contributed by atoms with E-state index in [2.05, 4.69) is 9.72 Å². The predicted molar refractivity (Wildman–Crippen MR) is 59.5 cm³/mol. The van der Waals surface area contributed by atoms with Crippen molar-refractivity contribution in [3.8, 4) is 0 Å². The van der Waals surface area contributed by atoms with Gasteiger partial charge < -0.3 is 4.74 Å². The van der Waals surface area contributed by atoms with E-state index in [0.29, 0.717) is 6.61 Å². The summed E-state index contributed by atoms with van der Waals surface area (Å²) in [4.78, 5) is 26.1. The predicted octanol–water partition coefficient (Wildman–Crippen LogP) is 1.62. The molecule has 1 rings (SSSR count). The topological polar surface area (TPSA) is 56.3 Å². The van der Waals surface area contributed by atoms with Crippen molar-refractivity contribution in [3.63, 3.8) is 0 Å². The maximum atomic E-state index is 11.3. The molecular formula is C12H13NO3. The summed E-state index contributed by atoms with van der Waals surface area (Å²) < 4.78 is 4.66. The first kappa shape index (κ1) is 12.1. The second-order valence-corrected chi connectivity index (χ2v) is 3.06. The molecule has 0 N–H and O–H groups in total. The lowest BCUT2D eigenvalue weighted by Gasteiger charge is -1.97. The number of esters is 1. The maximum Gasteiger partial charge on any atom is 0.313 e. The van der Waals surface area contributed by atoms with E-state index in [1.54, 1.807) is 37.5 Å². The summed E-state index contributed by atoms with van der Waals surface area (Å²) in [6.45, 7) is 2.00. The van der Waals surface area contributed by atoms with Gasteiger partial charge >= 0.3 is 5.97 Å². The van der Waals surface area contributed by atoms with Crippen molar-refractivity contribution < 1.29 is 14.3 Å². The Morgan fingerprint density at radius 1 is 1.38 bits per heavy atom. The fourth-order valence-corrected chi connectivity index (χ4v) is 1.08. The van der Waals surface area contributed by atoms with E-state index in [1.165, 1.54) is 6.08 Å². The average Bonchev–Trinajstić information content (AvgIpc) is 2.28. The molecule has 0 saturated carbocycles. The number of hydrogen-bond acceptors (Lipinski definition) is 4. The van der Waals surface area contributed by atoms with Crippen LogP contribution in [0, 0.1) is 0 Å². The fraction of sp³-hybridized carbons (Fsp3) is 0.250. The van der Waals surface area contributed by atoms with Gasteiger partial charge in [-0.25, -0.2) is 0 Å². The molecule has 0 fully saturated rings. The van der Waals surface area contributed by atoms with Gasteiger partial charge in [-0.3, -0.25) is 14.6 Å². The van der Waals surface area contributed by atoms with Crippen molar-refractivity contribution in [2.24, 2.45) is 0 Å². The van der Waals surface area contributed by atoms with E-state index in [9.17, 15) is 9.59 Å². The molecule has 0 aliphatic rings. The Bertz CT molecular complexity index is 385. The van der Waals surface area contributed by atoms with Crippen molar-refractivity contribution in [2.45, 2.75) is 13.3 Å². The van der Waals surface area contributed by atoms with Crippen LogP contribution in [-0.4, -0.2) is 23.3 Å². The number of aromatic nitrogens is 1. The fourth-order valence-electron chi connectivity index (χ4n) is 1.08. The second-order valence-electron chi connectivity index (χ2n) is 3.06. The minimum Gasteiger partial charge on any atom is -0.466 e.